The first-order valence-electron chi connectivity index (χ1n) is 9.44. The first-order valence-corrected chi connectivity index (χ1v) is 9.44. The number of allylic oxidation sites excluding steroid dienone is 1. The van der Waals surface area contributed by atoms with Crippen molar-refractivity contribution in [2.24, 2.45) is 0 Å². The van der Waals surface area contributed by atoms with Crippen molar-refractivity contribution >= 4 is 11.9 Å². The number of carbonyl (C=O) groups excluding carboxylic acids is 2. The second-order valence-corrected chi connectivity index (χ2v) is 7.34. The summed E-state index contributed by atoms with van der Waals surface area (Å²) in [6.45, 7) is 3.91. The summed E-state index contributed by atoms with van der Waals surface area (Å²) in [5, 5.41) is 0. The van der Waals surface area contributed by atoms with Crippen molar-refractivity contribution in [3.05, 3.63) is 82.1 Å². The number of amides is 1. The van der Waals surface area contributed by atoms with Crippen LogP contribution >= 0.6 is 0 Å². The van der Waals surface area contributed by atoms with Crippen LogP contribution in [0.4, 0.5) is 13.2 Å². The van der Waals surface area contributed by atoms with E-state index in [0.717, 1.165) is 23.3 Å². The molecule has 1 aliphatic heterocycles. The van der Waals surface area contributed by atoms with Crippen LogP contribution in [-0.4, -0.2) is 23.9 Å². The van der Waals surface area contributed by atoms with Gasteiger partial charge in [0.1, 0.15) is 0 Å². The Morgan fingerprint density at radius 2 is 1.80 bits per heavy atom. The standard InChI is InChI=1S/C23H22F3NO3/c1-14-5-4-6-16(11-14)13-27-15(2)21(22(29)30-3)19(12-20(27)28)17-7-9-18(10-8-17)23(24,25)26/h4-11,19H,12-13H2,1-3H3. The second kappa shape index (κ2) is 8.34. The van der Waals surface area contributed by atoms with Crippen molar-refractivity contribution in [1.29, 1.82) is 0 Å². The van der Waals surface area contributed by atoms with Gasteiger partial charge in [-0.3, -0.25) is 4.79 Å². The quantitative estimate of drug-likeness (QED) is 0.660. The summed E-state index contributed by atoms with van der Waals surface area (Å²) < 4.78 is 43.6. The maximum absolute atomic E-state index is 12.9. The molecule has 0 fully saturated rings. The molecule has 0 aliphatic carbocycles. The highest BCUT2D eigenvalue weighted by atomic mass is 19.4. The molecular weight excluding hydrogens is 395 g/mol. The number of aryl methyl sites for hydroxylation is 1. The Kier molecular flexibility index (Phi) is 6.01. The molecule has 0 aromatic heterocycles. The number of alkyl halides is 3. The Morgan fingerprint density at radius 3 is 2.37 bits per heavy atom. The molecule has 1 heterocycles. The van der Waals surface area contributed by atoms with Gasteiger partial charge in [0.15, 0.2) is 0 Å². The molecule has 158 valence electrons. The third-order valence-electron chi connectivity index (χ3n) is 5.29. The van der Waals surface area contributed by atoms with E-state index in [4.69, 9.17) is 4.74 Å². The zero-order valence-electron chi connectivity index (χ0n) is 16.9. The normalized spacial score (nSPS) is 17.3. The third-order valence-corrected chi connectivity index (χ3v) is 5.29. The van der Waals surface area contributed by atoms with Crippen LogP contribution in [0.25, 0.3) is 0 Å². The summed E-state index contributed by atoms with van der Waals surface area (Å²) in [5.74, 6) is -1.47. The van der Waals surface area contributed by atoms with Gasteiger partial charge in [0, 0.05) is 18.0 Å². The molecule has 30 heavy (non-hydrogen) atoms. The van der Waals surface area contributed by atoms with Gasteiger partial charge in [-0.25, -0.2) is 4.79 Å². The van der Waals surface area contributed by atoms with Crippen molar-refractivity contribution in [3.63, 3.8) is 0 Å². The van der Waals surface area contributed by atoms with Gasteiger partial charge in [0.05, 0.1) is 24.8 Å². The van der Waals surface area contributed by atoms with E-state index in [-0.39, 0.29) is 17.9 Å². The molecule has 1 unspecified atom stereocenters. The minimum atomic E-state index is -4.46. The number of esters is 1. The van der Waals surface area contributed by atoms with E-state index in [1.165, 1.54) is 24.1 Å². The van der Waals surface area contributed by atoms with E-state index in [9.17, 15) is 22.8 Å². The maximum atomic E-state index is 12.9. The summed E-state index contributed by atoms with van der Waals surface area (Å²) in [5.41, 5.74) is 2.38. The zero-order valence-corrected chi connectivity index (χ0v) is 16.9. The van der Waals surface area contributed by atoms with Crippen LogP contribution in [0, 0.1) is 6.92 Å². The number of rotatable bonds is 4. The highest BCUT2D eigenvalue weighted by molar-refractivity contribution is 5.95. The summed E-state index contributed by atoms with van der Waals surface area (Å²) in [6, 6.07) is 12.2. The van der Waals surface area contributed by atoms with Gasteiger partial charge in [0.2, 0.25) is 5.91 Å². The summed E-state index contributed by atoms with van der Waals surface area (Å²) in [7, 11) is 1.24. The van der Waals surface area contributed by atoms with Crippen molar-refractivity contribution in [1.82, 2.24) is 4.90 Å². The molecule has 0 N–H and O–H groups in total. The van der Waals surface area contributed by atoms with Gasteiger partial charge < -0.3 is 9.64 Å². The number of methoxy groups -OCH3 is 1. The van der Waals surface area contributed by atoms with Gasteiger partial charge in [-0.1, -0.05) is 42.0 Å². The molecule has 2 aromatic rings. The largest absolute Gasteiger partial charge is 0.466 e. The number of benzene rings is 2. The Balaban J connectivity index is 2.00. The topological polar surface area (TPSA) is 46.6 Å². The average Bonchev–Trinajstić information content (AvgIpc) is 2.69. The van der Waals surface area contributed by atoms with E-state index in [1.807, 2.05) is 31.2 Å². The zero-order chi connectivity index (χ0) is 22.1. The van der Waals surface area contributed by atoms with Crippen molar-refractivity contribution in [2.45, 2.75) is 38.9 Å². The Bertz CT molecular complexity index is 993. The van der Waals surface area contributed by atoms with Gasteiger partial charge in [-0.15, -0.1) is 0 Å². The summed E-state index contributed by atoms with van der Waals surface area (Å²) >= 11 is 0. The summed E-state index contributed by atoms with van der Waals surface area (Å²) in [4.78, 5) is 27.0. The minimum Gasteiger partial charge on any atom is -0.466 e. The number of carbonyl (C=O) groups is 2. The van der Waals surface area contributed by atoms with E-state index in [0.29, 0.717) is 17.8 Å². The molecule has 4 nitrogen and oxygen atoms in total. The molecule has 2 aromatic carbocycles. The number of halogens is 3. The monoisotopic (exact) mass is 417 g/mol. The molecule has 0 bridgehead atoms. The van der Waals surface area contributed by atoms with Crippen LogP contribution in [0.5, 0.6) is 0 Å². The number of hydrogen-bond donors (Lipinski definition) is 0. The number of ether oxygens (including phenoxy) is 1. The molecule has 0 saturated heterocycles. The lowest BCUT2D eigenvalue weighted by Gasteiger charge is -2.34. The second-order valence-electron chi connectivity index (χ2n) is 7.34. The van der Waals surface area contributed by atoms with E-state index >= 15 is 0 Å². The molecule has 1 aliphatic rings. The van der Waals surface area contributed by atoms with Crippen molar-refractivity contribution in [2.75, 3.05) is 7.11 Å². The summed E-state index contributed by atoms with van der Waals surface area (Å²) in [6.07, 6.45) is -4.48. The highest BCUT2D eigenvalue weighted by Gasteiger charge is 2.37. The van der Waals surface area contributed by atoms with Crippen LogP contribution in [0.1, 0.15) is 41.5 Å². The molecular formula is C23H22F3NO3. The molecule has 1 amide bonds. The SMILES string of the molecule is COC(=O)C1=C(C)N(Cc2cccc(C)c2)C(=O)CC1c1ccc(C(F)(F)F)cc1. The number of nitrogens with zero attached hydrogens (tertiary/aromatic N) is 1. The van der Waals surface area contributed by atoms with Crippen molar-refractivity contribution < 1.29 is 27.5 Å². The molecule has 0 radical (unpaired) electrons. The smallest absolute Gasteiger partial charge is 0.416 e. The predicted octanol–water partition coefficient (Wildman–Crippen LogP) is 4.98. The Hall–Kier alpha value is -3.09. The van der Waals surface area contributed by atoms with E-state index in [1.54, 1.807) is 6.92 Å². The lowest BCUT2D eigenvalue weighted by atomic mass is 9.83. The van der Waals surface area contributed by atoms with E-state index in [2.05, 4.69) is 0 Å². The lowest BCUT2D eigenvalue weighted by molar-refractivity contribution is -0.139. The van der Waals surface area contributed by atoms with Gasteiger partial charge in [-0.05, 0) is 37.1 Å². The highest BCUT2D eigenvalue weighted by Crippen LogP contribution is 2.39. The fraction of sp³-hybridized carbons (Fsp3) is 0.304. The maximum Gasteiger partial charge on any atom is 0.416 e. The van der Waals surface area contributed by atoms with Gasteiger partial charge in [0.25, 0.3) is 0 Å². The van der Waals surface area contributed by atoms with Crippen LogP contribution in [0.3, 0.4) is 0 Å². The van der Waals surface area contributed by atoms with Gasteiger partial charge in [-0.2, -0.15) is 13.2 Å². The molecule has 7 heteroatoms. The minimum absolute atomic E-state index is 0.0288. The van der Waals surface area contributed by atoms with Crippen LogP contribution in [0.15, 0.2) is 59.8 Å². The fourth-order valence-corrected chi connectivity index (χ4v) is 3.76. The van der Waals surface area contributed by atoms with Crippen molar-refractivity contribution in [3.8, 4) is 0 Å². The van der Waals surface area contributed by atoms with Crippen LogP contribution in [0.2, 0.25) is 0 Å². The van der Waals surface area contributed by atoms with Crippen LogP contribution in [-0.2, 0) is 27.0 Å². The Labute approximate surface area is 173 Å². The third kappa shape index (κ3) is 4.40. The number of hydrogen-bond acceptors (Lipinski definition) is 3. The lowest BCUT2D eigenvalue weighted by Crippen LogP contribution is -2.38. The van der Waals surface area contributed by atoms with E-state index < -0.39 is 23.6 Å². The first-order chi connectivity index (χ1) is 14.1. The van der Waals surface area contributed by atoms with Crippen LogP contribution < -0.4 is 0 Å². The molecule has 3 rings (SSSR count). The molecule has 0 spiro atoms. The molecule has 0 saturated carbocycles. The molecule has 1 atom stereocenters. The Morgan fingerprint density at radius 1 is 1.13 bits per heavy atom. The average molecular weight is 417 g/mol. The first kappa shape index (κ1) is 21.6. The predicted molar refractivity (Wildman–Crippen MR) is 105 cm³/mol. The fourth-order valence-electron chi connectivity index (χ4n) is 3.76. The van der Waals surface area contributed by atoms with Gasteiger partial charge >= 0.3 is 12.1 Å².